The van der Waals surface area contributed by atoms with Crippen LogP contribution >= 0.6 is 0 Å². The summed E-state index contributed by atoms with van der Waals surface area (Å²) >= 11 is 0. The predicted molar refractivity (Wildman–Crippen MR) is 93.5 cm³/mol. The molecular weight excluding hydrogens is 336 g/mol. The van der Waals surface area contributed by atoms with Crippen molar-refractivity contribution in [2.45, 2.75) is 58.9 Å². The molecule has 8 heteroatoms. The minimum Gasteiger partial charge on any atom is -0.379 e. The number of nitrogens with one attached hydrogen (secondary N) is 1. The van der Waals surface area contributed by atoms with Gasteiger partial charge in [0.1, 0.15) is 11.6 Å². The Labute approximate surface area is 152 Å². The molecule has 0 saturated carbocycles. The number of nitrogens with zero attached hydrogens (tertiary/aromatic N) is 3. The highest BCUT2D eigenvalue weighted by atomic mass is 16.5. The molecule has 3 rings (SSSR count). The molecule has 2 aromatic rings. The van der Waals surface area contributed by atoms with Gasteiger partial charge in [0.2, 0.25) is 5.91 Å². The lowest BCUT2D eigenvalue weighted by atomic mass is 10.1. The van der Waals surface area contributed by atoms with Crippen LogP contribution in [0.15, 0.2) is 16.9 Å². The molecule has 1 aliphatic heterocycles. The molecule has 1 N–H and O–H groups in total. The van der Waals surface area contributed by atoms with Crippen molar-refractivity contribution in [2.24, 2.45) is 0 Å². The molecular formula is C18H26N4O4. The smallest absolute Gasteiger partial charge is 0.222 e. The van der Waals surface area contributed by atoms with Crippen molar-refractivity contribution in [3.05, 3.63) is 35.2 Å². The summed E-state index contributed by atoms with van der Waals surface area (Å²) in [7, 11) is 0. The second-order valence-electron chi connectivity index (χ2n) is 6.61. The lowest BCUT2D eigenvalue weighted by molar-refractivity contribution is -0.126. The fourth-order valence-corrected chi connectivity index (χ4v) is 3.09. The predicted octanol–water partition coefficient (Wildman–Crippen LogP) is 1.68. The fourth-order valence-electron chi connectivity index (χ4n) is 3.09. The van der Waals surface area contributed by atoms with Crippen LogP contribution in [0.25, 0.3) is 0 Å². The summed E-state index contributed by atoms with van der Waals surface area (Å²) in [6, 6.07) is -0.152. The van der Waals surface area contributed by atoms with Crippen molar-refractivity contribution in [1.29, 1.82) is 0 Å². The summed E-state index contributed by atoms with van der Waals surface area (Å²) in [5.74, 6) is 1.66. The Hall–Kier alpha value is -2.19. The van der Waals surface area contributed by atoms with E-state index in [-0.39, 0.29) is 18.1 Å². The first-order chi connectivity index (χ1) is 12.5. The third-order valence-electron chi connectivity index (χ3n) is 4.77. The van der Waals surface area contributed by atoms with E-state index in [0.29, 0.717) is 32.8 Å². The third kappa shape index (κ3) is 4.50. The second-order valence-corrected chi connectivity index (χ2v) is 6.61. The van der Waals surface area contributed by atoms with Crippen LogP contribution in [0.5, 0.6) is 0 Å². The Morgan fingerprint density at radius 3 is 2.96 bits per heavy atom. The first-order valence-corrected chi connectivity index (χ1v) is 8.92. The molecule has 1 aliphatic rings. The number of carbonyl (C=O) groups excluding carboxylic acids is 1. The Morgan fingerprint density at radius 1 is 1.42 bits per heavy atom. The monoisotopic (exact) mass is 362 g/mol. The maximum Gasteiger partial charge on any atom is 0.222 e. The normalized spacial score (nSPS) is 20.3. The molecule has 1 saturated heterocycles. The highest BCUT2D eigenvalue weighted by Gasteiger charge is 2.28. The van der Waals surface area contributed by atoms with Gasteiger partial charge >= 0.3 is 0 Å². The highest BCUT2D eigenvalue weighted by Crippen LogP contribution is 2.18. The van der Waals surface area contributed by atoms with Gasteiger partial charge < -0.3 is 23.9 Å². The lowest BCUT2D eigenvalue weighted by Gasteiger charge is -2.32. The summed E-state index contributed by atoms with van der Waals surface area (Å²) in [4.78, 5) is 16.5. The molecule has 0 unspecified atom stereocenters. The molecule has 0 radical (unpaired) electrons. The van der Waals surface area contributed by atoms with E-state index in [1.807, 2.05) is 31.5 Å². The molecule has 1 amide bonds. The first-order valence-electron chi connectivity index (χ1n) is 8.92. The third-order valence-corrected chi connectivity index (χ3v) is 4.77. The molecule has 26 heavy (non-hydrogen) atoms. The largest absolute Gasteiger partial charge is 0.379 e. The molecule has 142 valence electrons. The number of hydrogen-bond donors (Lipinski definition) is 1. The summed E-state index contributed by atoms with van der Waals surface area (Å²) in [6.07, 6.45) is 4.67. The van der Waals surface area contributed by atoms with E-state index in [2.05, 4.69) is 15.5 Å². The van der Waals surface area contributed by atoms with Crippen LogP contribution < -0.4 is 5.32 Å². The van der Waals surface area contributed by atoms with Crippen LogP contribution in [0.4, 0.5) is 0 Å². The zero-order valence-corrected chi connectivity index (χ0v) is 15.5. The van der Waals surface area contributed by atoms with Crippen molar-refractivity contribution in [2.75, 3.05) is 13.2 Å². The van der Waals surface area contributed by atoms with Gasteiger partial charge in [0, 0.05) is 37.5 Å². The number of ether oxygens (including phenoxy) is 2. The standard InChI is InChI=1S/C18H26N4O4/c1-12-15(13(2)26-21-12)10-25-17-5-9-24-11-16(17)20-18(23)4-7-22-8-6-19-14(22)3/h6,8,16-17H,4-5,7,9-11H2,1-3H3,(H,20,23)/t16-,17+/m1/s1. The van der Waals surface area contributed by atoms with Gasteiger partial charge in [-0.25, -0.2) is 4.98 Å². The van der Waals surface area contributed by atoms with Crippen molar-refractivity contribution in [1.82, 2.24) is 20.0 Å². The van der Waals surface area contributed by atoms with Gasteiger partial charge in [0.05, 0.1) is 31.1 Å². The van der Waals surface area contributed by atoms with Crippen LogP contribution in [0.1, 0.15) is 35.7 Å². The van der Waals surface area contributed by atoms with Crippen molar-refractivity contribution in [3.63, 3.8) is 0 Å². The van der Waals surface area contributed by atoms with Gasteiger partial charge in [-0.05, 0) is 27.2 Å². The van der Waals surface area contributed by atoms with E-state index < -0.39 is 0 Å². The van der Waals surface area contributed by atoms with Gasteiger partial charge in [-0.3, -0.25) is 4.79 Å². The van der Waals surface area contributed by atoms with Crippen LogP contribution in [-0.4, -0.2) is 46.0 Å². The van der Waals surface area contributed by atoms with Crippen LogP contribution in [0.3, 0.4) is 0 Å². The van der Waals surface area contributed by atoms with Crippen LogP contribution in [0, 0.1) is 20.8 Å². The Balaban J connectivity index is 1.51. The van der Waals surface area contributed by atoms with E-state index >= 15 is 0 Å². The number of hydrogen-bond acceptors (Lipinski definition) is 6. The van der Waals surface area contributed by atoms with Crippen LogP contribution in [0.2, 0.25) is 0 Å². The number of carbonyl (C=O) groups is 1. The minimum atomic E-state index is -0.152. The molecule has 0 aromatic carbocycles. The van der Waals surface area contributed by atoms with Crippen molar-refractivity contribution >= 4 is 5.91 Å². The molecule has 2 atom stereocenters. The van der Waals surface area contributed by atoms with E-state index in [9.17, 15) is 4.79 Å². The summed E-state index contributed by atoms with van der Waals surface area (Å²) < 4.78 is 18.7. The number of aryl methyl sites for hydroxylation is 4. The highest BCUT2D eigenvalue weighted by molar-refractivity contribution is 5.76. The van der Waals surface area contributed by atoms with Gasteiger partial charge in [0.15, 0.2) is 0 Å². The van der Waals surface area contributed by atoms with E-state index in [1.54, 1.807) is 6.20 Å². The average molecular weight is 362 g/mol. The van der Waals surface area contributed by atoms with Gasteiger partial charge in [0.25, 0.3) is 0 Å². The molecule has 2 aromatic heterocycles. The topological polar surface area (TPSA) is 91.4 Å². The molecule has 0 bridgehead atoms. The van der Waals surface area contributed by atoms with Crippen LogP contribution in [-0.2, 0) is 27.4 Å². The summed E-state index contributed by atoms with van der Waals surface area (Å²) in [5, 5.41) is 6.99. The van der Waals surface area contributed by atoms with E-state index in [1.165, 1.54) is 0 Å². The Bertz CT molecular complexity index is 720. The number of aromatic nitrogens is 3. The van der Waals surface area contributed by atoms with Crippen molar-refractivity contribution < 1.29 is 18.8 Å². The SMILES string of the molecule is Cc1noc(C)c1CO[C@H]1CCOC[C@H]1NC(=O)CCn1ccnc1C. The fraction of sp³-hybridized carbons (Fsp3) is 0.611. The average Bonchev–Trinajstić information content (AvgIpc) is 3.18. The Kier molecular flexibility index (Phi) is 6.05. The van der Waals surface area contributed by atoms with Gasteiger partial charge in [-0.15, -0.1) is 0 Å². The number of imidazole rings is 1. The Morgan fingerprint density at radius 2 is 2.27 bits per heavy atom. The molecule has 3 heterocycles. The lowest BCUT2D eigenvalue weighted by Crippen LogP contribution is -2.50. The molecule has 8 nitrogen and oxygen atoms in total. The molecule has 0 aliphatic carbocycles. The van der Waals surface area contributed by atoms with Gasteiger partial charge in [-0.1, -0.05) is 5.16 Å². The quantitative estimate of drug-likeness (QED) is 0.806. The molecule has 0 spiro atoms. The molecule has 1 fully saturated rings. The summed E-state index contributed by atoms with van der Waals surface area (Å²) in [6.45, 7) is 7.82. The maximum absolute atomic E-state index is 12.3. The maximum atomic E-state index is 12.3. The van der Waals surface area contributed by atoms with Gasteiger partial charge in [-0.2, -0.15) is 0 Å². The summed E-state index contributed by atoms with van der Waals surface area (Å²) in [5.41, 5.74) is 1.81. The number of amides is 1. The number of rotatable bonds is 7. The van der Waals surface area contributed by atoms with E-state index in [0.717, 1.165) is 29.3 Å². The zero-order valence-electron chi connectivity index (χ0n) is 15.5. The minimum absolute atomic E-state index is 0.0143. The van der Waals surface area contributed by atoms with Crippen molar-refractivity contribution in [3.8, 4) is 0 Å². The zero-order chi connectivity index (χ0) is 18.5. The first kappa shape index (κ1) is 18.6. The second kappa shape index (κ2) is 8.46. The van der Waals surface area contributed by atoms with E-state index in [4.69, 9.17) is 14.0 Å².